The average Bonchev–Trinajstić information content (AvgIpc) is 2.26. The van der Waals surface area contributed by atoms with Crippen molar-refractivity contribution in [2.45, 2.75) is 0 Å². The van der Waals surface area contributed by atoms with Crippen LogP contribution in [0, 0.1) is 0 Å². The van der Waals surface area contributed by atoms with Crippen molar-refractivity contribution < 1.29 is 34.5 Å². The highest BCUT2D eigenvalue weighted by Gasteiger charge is 2.25. The Hall–Kier alpha value is -2.90. The predicted octanol–water partition coefficient (Wildman–Crippen LogP) is -0.120. The lowest BCUT2D eigenvalue weighted by Crippen LogP contribution is -2.21. The number of primary amides is 1. The summed E-state index contributed by atoms with van der Waals surface area (Å²) in [4.78, 5) is 43.6. The van der Waals surface area contributed by atoms with E-state index >= 15 is 0 Å². The maximum atomic E-state index is 11.0. The van der Waals surface area contributed by atoms with Crippen LogP contribution < -0.4 is 5.73 Å². The standard InChI is InChI=1S/C10H7NO7/c11-7(12)4-1-3(8(13)14)2-5(9(15)16)6(4)10(17)18/h1-2H,(H2,11,12)(H,13,14)(H,15,16)(H,17,18). The molecule has 0 aromatic heterocycles. The number of carbonyl (C=O) groups is 4. The van der Waals surface area contributed by atoms with Crippen molar-refractivity contribution in [3.8, 4) is 0 Å². The van der Waals surface area contributed by atoms with Crippen LogP contribution in [0.2, 0.25) is 0 Å². The molecule has 0 aliphatic rings. The van der Waals surface area contributed by atoms with Crippen molar-refractivity contribution in [3.63, 3.8) is 0 Å². The minimum Gasteiger partial charge on any atom is -0.478 e. The van der Waals surface area contributed by atoms with E-state index in [1.54, 1.807) is 0 Å². The van der Waals surface area contributed by atoms with Crippen molar-refractivity contribution >= 4 is 23.8 Å². The van der Waals surface area contributed by atoms with Crippen molar-refractivity contribution in [2.75, 3.05) is 0 Å². The number of hydrogen-bond donors (Lipinski definition) is 4. The van der Waals surface area contributed by atoms with Gasteiger partial charge in [0.2, 0.25) is 5.91 Å². The summed E-state index contributed by atoms with van der Waals surface area (Å²) < 4.78 is 0. The van der Waals surface area contributed by atoms with Crippen molar-refractivity contribution in [1.29, 1.82) is 0 Å². The summed E-state index contributed by atoms with van der Waals surface area (Å²) in [7, 11) is 0. The molecule has 0 fully saturated rings. The van der Waals surface area contributed by atoms with Crippen LogP contribution in [0.5, 0.6) is 0 Å². The SMILES string of the molecule is NC(=O)c1cc(C(=O)O)cc(C(=O)O)c1C(=O)O. The van der Waals surface area contributed by atoms with Crippen LogP contribution in [0.3, 0.4) is 0 Å². The molecule has 18 heavy (non-hydrogen) atoms. The number of carboxylic acid groups (broad SMARTS) is 3. The topological polar surface area (TPSA) is 155 Å². The van der Waals surface area contributed by atoms with Gasteiger partial charge < -0.3 is 21.1 Å². The van der Waals surface area contributed by atoms with Crippen LogP contribution in [0.25, 0.3) is 0 Å². The van der Waals surface area contributed by atoms with E-state index in [4.69, 9.17) is 21.1 Å². The van der Waals surface area contributed by atoms with Gasteiger partial charge in [0.15, 0.2) is 0 Å². The highest BCUT2D eigenvalue weighted by molar-refractivity contribution is 6.12. The van der Waals surface area contributed by atoms with E-state index in [0.29, 0.717) is 6.07 Å². The molecule has 1 aromatic rings. The third kappa shape index (κ3) is 2.26. The van der Waals surface area contributed by atoms with E-state index in [1.165, 1.54) is 0 Å². The van der Waals surface area contributed by atoms with E-state index in [1.807, 2.05) is 0 Å². The summed E-state index contributed by atoms with van der Waals surface area (Å²) in [6, 6.07) is 1.38. The molecule has 0 bridgehead atoms. The zero-order valence-corrected chi connectivity index (χ0v) is 8.71. The molecule has 0 saturated heterocycles. The summed E-state index contributed by atoms with van der Waals surface area (Å²) in [5, 5.41) is 26.4. The predicted molar refractivity (Wildman–Crippen MR) is 55.8 cm³/mol. The smallest absolute Gasteiger partial charge is 0.337 e. The molecule has 8 heteroatoms. The first-order chi connectivity index (χ1) is 8.25. The molecule has 0 heterocycles. The Kier molecular flexibility index (Phi) is 3.32. The molecular weight excluding hydrogens is 246 g/mol. The largest absolute Gasteiger partial charge is 0.478 e. The normalized spacial score (nSPS) is 9.78. The minimum absolute atomic E-state index is 0.536. The van der Waals surface area contributed by atoms with Crippen LogP contribution in [0.4, 0.5) is 0 Å². The summed E-state index contributed by atoms with van der Waals surface area (Å²) in [5.74, 6) is -6.08. The Balaban J connectivity index is 3.76. The molecular formula is C10H7NO7. The molecule has 8 nitrogen and oxygen atoms in total. The summed E-state index contributed by atoms with van der Waals surface area (Å²) >= 11 is 0. The summed E-state index contributed by atoms with van der Waals surface area (Å²) in [5.41, 5.74) is 2.06. The Morgan fingerprint density at radius 3 is 1.67 bits per heavy atom. The van der Waals surface area contributed by atoms with Gasteiger partial charge in [-0.25, -0.2) is 14.4 Å². The fourth-order valence-corrected chi connectivity index (χ4v) is 1.36. The van der Waals surface area contributed by atoms with E-state index in [0.717, 1.165) is 6.07 Å². The highest BCUT2D eigenvalue weighted by atomic mass is 16.4. The average molecular weight is 253 g/mol. The first kappa shape index (κ1) is 13.2. The molecule has 1 amide bonds. The first-order valence-electron chi connectivity index (χ1n) is 4.43. The van der Waals surface area contributed by atoms with E-state index in [-0.39, 0.29) is 0 Å². The summed E-state index contributed by atoms with van der Waals surface area (Å²) in [6.45, 7) is 0. The van der Waals surface area contributed by atoms with Crippen LogP contribution in [0.15, 0.2) is 12.1 Å². The molecule has 0 spiro atoms. The zero-order chi connectivity index (χ0) is 14.0. The fourth-order valence-electron chi connectivity index (χ4n) is 1.36. The molecule has 1 rings (SSSR count). The molecule has 0 unspecified atom stereocenters. The zero-order valence-electron chi connectivity index (χ0n) is 8.71. The number of nitrogens with two attached hydrogens (primary N) is 1. The molecule has 0 radical (unpaired) electrons. The molecule has 94 valence electrons. The lowest BCUT2D eigenvalue weighted by atomic mass is 9.97. The second-order valence-electron chi connectivity index (χ2n) is 3.23. The van der Waals surface area contributed by atoms with Crippen LogP contribution in [0.1, 0.15) is 41.4 Å². The minimum atomic E-state index is -1.68. The Labute approximate surface area is 99.3 Å². The van der Waals surface area contributed by atoms with Crippen LogP contribution in [-0.2, 0) is 0 Å². The van der Waals surface area contributed by atoms with Crippen molar-refractivity contribution in [1.82, 2.24) is 0 Å². The van der Waals surface area contributed by atoms with Crippen molar-refractivity contribution in [3.05, 3.63) is 34.4 Å². The third-order valence-electron chi connectivity index (χ3n) is 2.10. The van der Waals surface area contributed by atoms with E-state index in [2.05, 4.69) is 0 Å². The number of amides is 1. The number of aromatic carboxylic acids is 3. The number of benzene rings is 1. The second kappa shape index (κ2) is 4.53. The van der Waals surface area contributed by atoms with Crippen LogP contribution in [-0.4, -0.2) is 39.1 Å². The van der Waals surface area contributed by atoms with Crippen LogP contribution >= 0.6 is 0 Å². The van der Waals surface area contributed by atoms with Gasteiger partial charge in [0.25, 0.3) is 0 Å². The number of rotatable bonds is 4. The summed E-state index contributed by atoms with van der Waals surface area (Å²) in [6.07, 6.45) is 0. The third-order valence-corrected chi connectivity index (χ3v) is 2.10. The van der Waals surface area contributed by atoms with Gasteiger partial charge >= 0.3 is 17.9 Å². The Bertz CT molecular complexity index is 541. The van der Waals surface area contributed by atoms with Gasteiger partial charge in [0.1, 0.15) is 0 Å². The molecule has 5 N–H and O–H groups in total. The van der Waals surface area contributed by atoms with Gasteiger partial charge in [-0.05, 0) is 12.1 Å². The van der Waals surface area contributed by atoms with E-state index in [9.17, 15) is 19.2 Å². The number of carboxylic acids is 3. The quantitative estimate of drug-likeness (QED) is 0.582. The van der Waals surface area contributed by atoms with Gasteiger partial charge in [0.05, 0.1) is 22.3 Å². The monoisotopic (exact) mass is 253 g/mol. The van der Waals surface area contributed by atoms with Gasteiger partial charge in [-0.2, -0.15) is 0 Å². The lowest BCUT2D eigenvalue weighted by Gasteiger charge is -2.08. The second-order valence-corrected chi connectivity index (χ2v) is 3.23. The lowest BCUT2D eigenvalue weighted by molar-refractivity contribution is 0.0647. The maximum Gasteiger partial charge on any atom is 0.337 e. The molecule has 0 atom stereocenters. The van der Waals surface area contributed by atoms with Gasteiger partial charge in [-0.1, -0.05) is 0 Å². The fraction of sp³-hybridized carbons (Fsp3) is 0. The Morgan fingerprint density at radius 1 is 0.833 bits per heavy atom. The molecule has 0 aliphatic heterocycles. The van der Waals surface area contributed by atoms with Gasteiger partial charge in [-0.15, -0.1) is 0 Å². The number of hydrogen-bond acceptors (Lipinski definition) is 4. The molecule has 0 saturated carbocycles. The molecule has 1 aromatic carbocycles. The molecule has 0 aliphatic carbocycles. The first-order valence-corrected chi connectivity index (χ1v) is 4.43. The Morgan fingerprint density at radius 2 is 1.33 bits per heavy atom. The highest BCUT2D eigenvalue weighted by Crippen LogP contribution is 2.18. The maximum absolute atomic E-state index is 11.0. The van der Waals surface area contributed by atoms with Gasteiger partial charge in [-0.3, -0.25) is 4.79 Å². The van der Waals surface area contributed by atoms with Gasteiger partial charge in [0, 0.05) is 0 Å². The van der Waals surface area contributed by atoms with Crippen molar-refractivity contribution in [2.24, 2.45) is 5.73 Å². The number of carbonyl (C=O) groups excluding carboxylic acids is 1. The van der Waals surface area contributed by atoms with E-state index < -0.39 is 46.1 Å².